The summed E-state index contributed by atoms with van der Waals surface area (Å²) in [6, 6.07) is 17.3. The molecule has 0 aliphatic heterocycles. The number of pyridine rings is 1. The van der Waals surface area contributed by atoms with Gasteiger partial charge in [-0.1, -0.05) is 36.4 Å². The lowest BCUT2D eigenvalue weighted by atomic mass is 10.1. The summed E-state index contributed by atoms with van der Waals surface area (Å²) in [6.07, 6.45) is 5.32. The fourth-order valence-electron chi connectivity index (χ4n) is 3.01. The van der Waals surface area contributed by atoms with Crippen LogP contribution in [0.2, 0.25) is 0 Å². The number of aliphatic imine (C=N–C) groups is 2. The predicted molar refractivity (Wildman–Crippen MR) is 117 cm³/mol. The first-order valence-electron chi connectivity index (χ1n) is 9.30. The molecule has 0 fully saturated rings. The minimum absolute atomic E-state index is 0.248. The molecule has 3 heterocycles. The van der Waals surface area contributed by atoms with E-state index in [9.17, 15) is 0 Å². The Bertz CT molecular complexity index is 1200. The number of benzene rings is 1. The molecule has 0 unspecified atom stereocenters. The standard InChI is InChI=1S/C22H21N7O/c1-29-14-13-25-22(29)20(23)28-21(27-17-9-6-10-18(26-17)30-2)19-16(11-12-24-19)15-7-4-3-5-8-15/h3-14,24H,1-2H3,(H2,23,26,27,28). The number of aromatic nitrogens is 4. The minimum Gasteiger partial charge on any atom is -0.481 e. The number of methoxy groups -OCH3 is 1. The van der Waals surface area contributed by atoms with Crippen LogP contribution < -0.4 is 10.5 Å². The molecule has 30 heavy (non-hydrogen) atoms. The number of hydrogen-bond acceptors (Lipinski definition) is 4. The molecule has 4 rings (SSSR count). The Morgan fingerprint density at radius 1 is 1.10 bits per heavy atom. The van der Waals surface area contributed by atoms with Gasteiger partial charge in [0, 0.05) is 37.3 Å². The second-order valence-corrected chi connectivity index (χ2v) is 6.46. The van der Waals surface area contributed by atoms with Gasteiger partial charge in [0.2, 0.25) is 5.88 Å². The molecule has 0 radical (unpaired) electrons. The molecule has 0 saturated heterocycles. The highest BCUT2D eigenvalue weighted by Crippen LogP contribution is 2.25. The van der Waals surface area contributed by atoms with E-state index in [0.29, 0.717) is 23.4 Å². The number of aryl methyl sites for hydroxylation is 1. The van der Waals surface area contributed by atoms with E-state index in [1.807, 2.05) is 61.9 Å². The van der Waals surface area contributed by atoms with Gasteiger partial charge >= 0.3 is 0 Å². The van der Waals surface area contributed by atoms with Gasteiger partial charge in [0.25, 0.3) is 0 Å². The number of imidazole rings is 1. The second-order valence-electron chi connectivity index (χ2n) is 6.46. The lowest BCUT2D eigenvalue weighted by molar-refractivity contribution is 0.398. The maximum absolute atomic E-state index is 6.27. The van der Waals surface area contributed by atoms with Gasteiger partial charge in [0.1, 0.15) is 0 Å². The smallest absolute Gasteiger partial charge is 0.214 e. The van der Waals surface area contributed by atoms with Crippen LogP contribution in [0.1, 0.15) is 11.5 Å². The highest BCUT2D eigenvalue weighted by atomic mass is 16.5. The third-order valence-electron chi connectivity index (χ3n) is 4.47. The van der Waals surface area contributed by atoms with Crippen LogP contribution in [-0.2, 0) is 7.05 Å². The Hall–Kier alpha value is -4.20. The average Bonchev–Trinajstić information content (AvgIpc) is 3.43. The van der Waals surface area contributed by atoms with E-state index in [0.717, 1.165) is 16.8 Å². The summed E-state index contributed by atoms with van der Waals surface area (Å²) in [4.78, 5) is 21.2. The van der Waals surface area contributed by atoms with Crippen LogP contribution in [0.25, 0.3) is 11.1 Å². The van der Waals surface area contributed by atoms with Gasteiger partial charge in [-0.25, -0.2) is 15.0 Å². The van der Waals surface area contributed by atoms with Gasteiger partial charge in [-0.2, -0.15) is 4.98 Å². The Kier molecular flexibility index (Phi) is 5.38. The SMILES string of the molecule is COc1cccc(N=C(N=C(N)c2nccn2C)c2[nH]ccc2-c2ccccc2)n1. The summed E-state index contributed by atoms with van der Waals surface area (Å²) in [5.74, 6) is 2.10. The summed E-state index contributed by atoms with van der Waals surface area (Å²) < 4.78 is 7.01. The number of amidine groups is 2. The third kappa shape index (κ3) is 3.97. The zero-order chi connectivity index (χ0) is 20.9. The zero-order valence-corrected chi connectivity index (χ0v) is 16.6. The molecule has 8 nitrogen and oxygen atoms in total. The van der Waals surface area contributed by atoms with E-state index in [1.54, 1.807) is 30.0 Å². The van der Waals surface area contributed by atoms with Crippen molar-refractivity contribution in [2.75, 3.05) is 7.11 Å². The van der Waals surface area contributed by atoms with Crippen LogP contribution >= 0.6 is 0 Å². The molecule has 4 aromatic rings. The normalized spacial score (nSPS) is 12.2. The summed E-state index contributed by atoms with van der Waals surface area (Å²) in [5.41, 5.74) is 8.98. The fraction of sp³-hybridized carbons (Fsp3) is 0.0909. The van der Waals surface area contributed by atoms with Crippen LogP contribution in [0.5, 0.6) is 5.88 Å². The number of nitrogens with zero attached hydrogens (tertiary/aromatic N) is 5. The van der Waals surface area contributed by atoms with Crippen molar-refractivity contribution in [1.82, 2.24) is 19.5 Å². The Balaban J connectivity index is 1.86. The molecular weight excluding hydrogens is 378 g/mol. The van der Waals surface area contributed by atoms with Gasteiger partial charge in [-0.05, 0) is 17.7 Å². The molecule has 0 atom stereocenters. The summed E-state index contributed by atoms with van der Waals surface area (Å²) in [6.45, 7) is 0. The van der Waals surface area contributed by atoms with Crippen LogP contribution in [0.15, 0.2) is 83.2 Å². The van der Waals surface area contributed by atoms with Crippen LogP contribution in [-0.4, -0.2) is 38.3 Å². The van der Waals surface area contributed by atoms with E-state index in [2.05, 4.69) is 24.9 Å². The lowest BCUT2D eigenvalue weighted by Crippen LogP contribution is -2.20. The maximum Gasteiger partial charge on any atom is 0.214 e. The van der Waals surface area contributed by atoms with Crippen LogP contribution in [0, 0.1) is 0 Å². The average molecular weight is 399 g/mol. The van der Waals surface area contributed by atoms with E-state index < -0.39 is 0 Å². The zero-order valence-electron chi connectivity index (χ0n) is 16.6. The Morgan fingerprint density at radius 2 is 1.93 bits per heavy atom. The van der Waals surface area contributed by atoms with Crippen molar-refractivity contribution in [1.29, 1.82) is 0 Å². The third-order valence-corrected chi connectivity index (χ3v) is 4.47. The predicted octanol–water partition coefficient (Wildman–Crippen LogP) is 3.30. The van der Waals surface area contributed by atoms with Crippen molar-refractivity contribution in [3.8, 4) is 17.0 Å². The van der Waals surface area contributed by atoms with Crippen LogP contribution in [0.3, 0.4) is 0 Å². The van der Waals surface area contributed by atoms with Gasteiger partial charge in [0.15, 0.2) is 23.3 Å². The molecule has 0 aliphatic rings. The Morgan fingerprint density at radius 3 is 2.67 bits per heavy atom. The quantitative estimate of drug-likeness (QED) is 0.397. The van der Waals surface area contributed by atoms with E-state index in [4.69, 9.17) is 10.5 Å². The molecule has 3 N–H and O–H groups in total. The molecule has 0 spiro atoms. The topological polar surface area (TPSA) is 106 Å². The van der Waals surface area contributed by atoms with E-state index >= 15 is 0 Å². The molecule has 150 valence electrons. The number of ether oxygens (including phenoxy) is 1. The number of nitrogens with two attached hydrogens (primary N) is 1. The van der Waals surface area contributed by atoms with Crippen molar-refractivity contribution in [2.24, 2.45) is 22.8 Å². The molecule has 0 aliphatic carbocycles. The molecular formula is C22H21N7O. The van der Waals surface area contributed by atoms with Gasteiger partial charge < -0.3 is 20.0 Å². The molecule has 0 saturated carbocycles. The number of nitrogens with one attached hydrogen (secondary N) is 1. The Labute approximate surface area is 173 Å². The van der Waals surface area contributed by atoms with E-state index in [-0.39, 0.29) is 5.84 Å². The number of aromatic amines is 1. The molecule has 1 aromatic carbocycles. The molecule has 8 heteroatoms. The van der Waals surface area contributed by atoms with Crippen molar-refractivity contribution in [2.45, 2.75) is 0 Å². The molecule has 3 aromatic heterocycles. The second kappa shape index (κ2) is 8.44. The highest BCUT2D eigenvalue weighted by molar-refractivity contribution is 6.12. The number of hydrogen-bond donors (Lipinski definition) is 2. The fourth-order valence-corrected chi connectivity index (χ4v) is 3.01. The summed E-state index contributed by atoms with van der Waals surface area (Å²) in [5, 5.41) is 0. The summed E-state index contributed by atoms with van der Waals surface area (Å²) in [7, 11) is 3.42. The molecule has 0 amide bonds. The van der Waals surface area contributed by atoms with Crippen molar-refractivity contribution in [3.05, 3.63) is 84.7 Å². The first-order valence-corrected chi connectivity index (χ1v) is 9.30. The van der Waals surface area contributed by atoms with Crippen LogP contribution in [0.4, 0.5) is 5.82 Å². The largest absolute Gasteiger partial charge is 0.481 e. The van der Waals surface area contributed by atoms with Gasteiger partial charge in [-0.15, -0.1) is 0 Å². The van der Waals surface area contributed by atoms with Crippen molar-refractivity contribution in [3.63, 3.8) is 0 Å². The lowest BCUT2D eigenvalue weighted by Gasteiger charge is -2.07. The monoisotopic (exact) mass is 399 g/mol. The van der Waals surface area contributed by atoms with Crippen molar-refractivity contribution < 1.29 is 4.74 Å². The van der Waals surface area contributed by atoms with Crippen molar-refractivity contribution >= 4 is 17.5 Å². The highest BCUT2D eigenvalue weighted by Gasteiger charge is 2.15. The molecule has 0 bridgehead atoms. The summed E-state index contributed by atoms with van der Waals surface area (Å²) >= 11 is 0. The van der Waals surface area contributed by atoms with E-state index in [1.165, 1.54) is 0 Å². The maximum atomic E-state index is 6.27. The first-order chi connectivity index (χ1) is 14.7. The number of H-pyrrole nitrogens is 1. The minimum atomic E-state index is 0.248. The number of rotatable bonds is 5. The first kappa shape index (κ1) is 19.1. The van der Waals surface area contributed by atoms with Gasteiger partial charge in [0.05, 0.1) is 12.8 Å². The van der Waals surface area contributed by atoms with Gasteiger partial charge in [-0.3, -0.25) is 0 Å².